The average molecular weight is 389 g/mol. The molecule has 1 aliphatic heterocycles. The van der Waals surface area contributed by atoms with Crippen LogP contribution in [-0.2, 0) is 28.4 Å². The van der Waals surface area contributed by atoms with Crippen molar-refractivity contribution in [1.82, 2.24) is 0 Å². The molecule has 1 heterocycles. The van der Waals surface area contributed by atoms with Crippen LogP contribution in [0.1, 0.15) is 20.3 Å². The molecule has 1 saturated heterocycles. The lowest BCUT2D eigenvalue weighted by Crippen LogP contribution is -2.63. The summed E-state index contributed by atoms with van der Waals surface area (Å²) in [5.41, 5.74) is -0.462. The fourth-order valence-corrected chi connectivity index (χ4v) is 3.49. The molecule has 0 unspecified atom stereocenters. The number of aliphatic hydroxyl groups is 1. The van der Waals surface area contributed by atoms with Crippen LogP contribution >= 0.6 is 0 Å². The van der Waals surface area contributed by atoms with Crippen LogP contribution in [0.4, 0.5) is 0 Å². The van der Waals surface area contributed by atoms with E-state index < -0.39 is 30.0 Å². The van der Waals surface area contributed by atoms with Gasteiger partial charge in [0.05, 0.1) is 38.1 Å². The highest BCUT2D eigenvalue weighted by Crippen LogP contribution is 2.41. The van der Waals surface area contributed by atoms with Gasteiger partial charge in [0.2, 0.25) is 0 Å². The minimum absolute atomic E-state index is 0.144. The van der Waals surface area contributed by atoms with Crippen molar-refractivity contribution in [2.75, 3.05) is 41.2 Å². The van der Waals surface area contributed by atoms with Gasteiger partial charge in [0.15, 0.2) is 6.29 Å². The maximum Gasteiger partial charge on any atom is 0.187 e. The first-order chi connectivity index (χ1) is 12.9. The van der Waals surface area contributed by atoms with Gasteiger partial charge in [-0.1, -0.05) is 26.0 Å². The minimum Gasteiger partial charge on any atom is -0.387 e. The van der Waals surface area contributed by atoms with Crippen molar-refractivity contribution in [3.8, 4) is 0 Å². The zero-order valence-electron chi connectivity index (χ0n) is 17.3. The van der Waals surface area contributed by atoms with E-state index >= 15 is 0 Å². The quantitative estimate of drug-likeness (QED) is 0.382. The second-order valence-corrected chi connectivity index (χ2v) is 7.22. The predicted molar refractivity (Wildman–Crippen MR) is 103 cm³/mol. The van der Waals surface area contributed by atoms with Crippen molar-refractivity contribution in [3.05, 3.63) is 25.3 Å². The van der Waals surface area contributed by atoms with Crippen molar-refractivity contribution in [2.24, 2.45) is 5.41 Å². The molecule has 0 bridgehead atoms. The summed E-state index contributed by atoms with van der Waals surface area (Å²) in [4.78, 5) is 0. The minimum atomic E-state index is -0.927. The van der Waals surface area contributed by atoms with Gasteiger partial charge in [0, 0.05) is 33.2 Å². The summed E-state index contributed by atoms with van der Waals surface area (Å²) in [6.07, 6.45) is 0.502. The van der Waals surface area contributed by atoms with E-state index in [0.29, 0.717) is 13.0 Å². The van der Waals surface area contributed by atoms with Crippen molar-refractivity contribution in [2.45, 2.75) is 57.1 Å². The Labute approximate surface area is 163 Å². The summed E-state index contributed by atoms with van der Waals surface area (Å²) < 4.78 is 34.1. The van der Waals surface area contributed by atoms with Gasteiger partial charge in [-0.3, -0.25) is 0 Å². The Morgan fingerprint density at radius 1 is 1.11 bits per heavy atom. The molecular formula is C20H36O7. The van der Waals surface area contributed by atoms with E-state index in [1.54, 1.807) is 33.5 Å². The molecule has 5 atom stereocenters. The van der Waals surface area contributed by atoms with Gasteiger partial charge in [0.25, 0.3) is 0 Å². The number of rotatable bonds is 13. The first-order valence-electron chi connectivity index (χ1n) is 9.20. The largest absolute Gasteiger partial charge is 0.387 e. The smallest absolute Gasteiger partial charge is 0.187 e. The lowest BCUT2D eigenvalue weighted by atomic mass is 9.73. The fourth-order valence-electron chi connectivity index (χ4n) is 3.49. The number of methoxy groups -OCH3 is 3. The molecule has 0 saturated carbocycles. The summed E-state index contributed by atoms with van der Waals surface area (Å²) in [7, 11) is 4.86. The second-order valence-electron chi connectivity index (χ2n) is 7.22. The van der Waals surface area contributed by atoms with Crippen molar-refractivity contribution in [3.63, 3.8) is 0 Å². The Balaban J connectivity index is 3.08. The summed E-state index contributed by atoms with van der Waals surface area (Å²) in [6.45, 7) is 12.3. The third-order valence-corrected chi connectivity index (χ3v) is 4.97. The fraction of sp³-hybridized carbons (Fsp3) is 0.800. The van der Waals surface area contributed by atoms with E-state index in [1.807, 2.05) is 13.8 Å². The topological polar surface area (TPSA) is 75.6 Å². The molecule has 1 N–H and O–H groups in total. The number of ether oxygens (including phenoxy) is 6. The first-order valence-corrected chi connectivity index (χ1v) is 9.20. The SMILES string of the molecule is C=CCOC(OCC=C)[C@H]1O[C@H](C[C@H](COC)OC)C(C)(C)[C@H](OC)[C@H]1O. The molecule has 0 aromatic rings. The standard InChI is InChI=1S/C20H36O7/c1-8-10-25-19(26-11-9-2)17-16(21)18(24-7)20(3,4)15(27-17)12-14(23-6)13-22-5/h8-9,14-19,21H,1-2,10-13H2,3-7H3/t14-,15-,16+,17+,18-/m1/s1. The van der Waals surface area contributed by atoms with E-state index in [4.69, 9.17) is 28.4 Å². The predicted octanol–water partition coefficient (Wildman–Crippen LogP) is 1.94. The summed E-state index contributed by atoms with van der Waals surface area (Å²) >= 11 is 0. The van der Waals surface area contributed by atoms with Crippen LogP contribution in [0.3, 0.4) is 0 Å². The molecule has 7 nitrogen and oxygen atoms in total. The second kappa shape index (κ2) is 11.9. The molecule has 0 aromatic heterocycles. The van der Waals surface area contributed by atoms with Crippen LogP contribution in [0.15, 0.2) is 25.3 Å². The zero-order chi connectivity index (χ0) is 20.4. The summed E-state index contributed by atoms with van der Waals surface area (Å²) in [6, 6.07) is 0. The Morgan fingerprint density at radius 2 is 1.70 bits per heavy atom. The highest BCUT2D eigenvalue weighted by molar-refractivity contribution is 5.00. The monoisotopic (exact) mass is 388 g/mol. The third kappa shape index (κ3) is 6.35. The maximum absolute atomic E-state index is 10.9. The van der Waals surface area contributed by atoms with Crippen LogP contribution in [-0.4, -0.2) is 83.1 Å². The summed E-state index contributed by atoms with van der Waals surface area (Å²) in [5, 5.41) is 10.9. The van der Waals surface area contributed by atoms with Gasteiger partial charge in [-0.05, 0) is 0 Å². The summed E-state index contributed by atoms with van der Waals surface area (Å²) in [5.74, 6) is 0. The lowest BCUT2D eigenvalue weighted by Gasteiger charge is -2.51. The van der Waals surface area contributed by atoms with Gasteiger partial charge >= 0.3 is 0 Å². The van der Waals surface area contributed by atoms with Gasteiger partial charge in [-0.25, -0.2) is 0 Å². The molecule has 0 spiro atoms. The molecule has 7 heteroatoms. The Morgan fingerprint density at radius 3 is 2.15 bits per heavy atom. The Bertz CT molecular complexity index is 428. The van der Waals surface area contributed by atoms with Crippen LogP contribution in [0, 0.1) is 5.41 Å². The van der Waals surface area contributed by atoms with Crippen molar-refractivity contribution >= 4 is 0 Å². The lowest BCUT2D eigenvalue weighted by molar-refractivity contribution is -0.302. The molecule has 0 aliphatic carbocycles. The van der Waals surface area contributed by atoms with E-state index in [2.05, 4.69) is 13.2 Å². The van der Waals surface area contributed by atoms with Crippen LogP contribution < -0.4 is 0 Å². The van der Waals surface area contributed by atoms with E-state index in [9.17, 15) is 5.11 Å². The highest BCUT2D eigenvalue weighted by Gasteiger charge is 2.53. The molecule has 27 heavy (non-hydrogen) atoms. The number of hydrogen-bond acceptors (Lipinski definition) is 7. The molecule has 1 rings (SSSR count). The Kier molecular flexibility index (Phi) is 10.7. The Hall–Kier alpha value is -0.800. The number of aliphatic hydroxyl groups excluding tert-OH is 1. The van der Waals surface area contributed by atoms with E-state index in [1.165, 1.54) is 0 Å². The molecule has 1 fully saturated rings. The van der Waals surface area contributed by atoms with Crippen LogP contribution in [0.5, 0.6) is 0 Å². The normalized spacial score (nSPS) is 28.9. The average Bonchev–Trinajstić information content (AvgIpc) is 2.64. The van der Waals surface area contributed by atoms with E-state index in [-0.39, 0.29) is 25.4 Å². The van der Waals surface area contributed by atoms with E-state index in [0.717, 1.165) is 0 Å². The van der Waals surface area contributed by atoms with Gasteiger partial charge in [-0.2, -0.15) is 0 Å². The highest BCUT2D eigenvalue weighted by atomic mass is 16.7. The molecule has 0 aromatic carbocycles. The van der Waals surface area contributed by atoms with Crippen LogP contribution in [0.25, 0.3) is 0 Å². The first kappa shape index (κ1) is 24.2. The molecule has 0 amide bonds. The van der Waals surface area contributed by atoms with Crippen molar-refractivity contribution < 1.29 is 33.5 Å². The molecule has 1 aliphatic rings. The third-order valence-electron chi connectivity index (χ3n) is 4.97. The van der Waals surface area contributed by atoms with Gasteiger partial charge in [-0.15, -0.1) is 13.2 Å². The molecular weight excluding hydrogens is 352 g/mol. The van der Waals surface area contributed by atoms with Gasteiger partial charge in [0.1, 0.15) is 12.2 Å². The molecule has 158 valence electrons. The van der Waals surface area contributed by atoms with Crippen molar-refractivity contribution in [1.29, 1.82) is 0 Å². The molecule has 0 radical (unpaired) electrons. The zero-order valence-corrected chi connectivity index (χ0v) is 17.3. The van der Waals surface area contributed by atoms with Gasteiger partial charge < -0.3 is 33.5 Å². The number of hydrogen-bond donors (Lipinski definition) is 1. The maximum atomic E-state index is 10.9. The van der Waals surface area contributed by atoms with Crippen LogP contribution in [0.2, 0.25) is 0 Å².